The lowest BCUT2D eigenvalue weighted by atomic mass is 10.1. The zero-order valence-electron chi connectivity index (χ0n) is 12.2. The van der Waals surface area contributed by atoms with Crippen LogP contribution >= 0.6 is 0 Å². The van der Waals surface area contributed by atoms with Crippen LogP contribution in [0.15, 0.2) is 30.5 Å². The van der Waals surface area contributed by atoms with Crippen LogP contribution in [0.25, 0.3) is 0 Å². The first-order valence-corrected chi connectivity index (χ1v) is 6.57. The molecular formula is C15H20FN3O. The molecule has 1 aromatic heterocycles. The summed E-state index contributed by atoms with van der Waals surface area (Å²) in [5.41, 5.74) is 7.50. The van der Waals surface area contributed by atoms with E-state index in [0.717, 1.165) is 17.3 Å². The summed E-state index contributed by atoms with van der Waals surface area (Å²) in [5.74, 6) is -0.859. The minimum atomic E-state index is -0.648. The molecule has 5 heteroatoms. The van der Waals surface area contributed by atoms with Crippen LogP contribution in [0.4, 0.5) is 10.2 Å². The van der Waals surface area contributed by atoms with Crippen LogP contribution in [-0.4, -0.2) is 9.97 Å². The molecule has 0 fully saturated rings. The molecule has 108 valence electrons. The summed E-state index contributed by atoms with van der Waals surface area (Å²) in [4.78, 5) is 7.47. The highest BCUT2D eigenvalue weighted by Crippen LogP contribution is 2.20. The van der Waals surface area contributed by atoms with E-state index < -0.39 is 5.82 Å². The van der Waals surface area contributed by atoms with Crippen LogP contribution in [0.3, 0.4) is 0 Å². The molecule has 4 nitrogen and oxygen atoms in total. The van der Waals surface area contributed by atoms with Crippen LogP contribution in [0.5, 0.6) is 6.01 Å². The average Bonchev–Trinajstić information content (AvgIpc) is 2.45. The van der Waals surface area contributed by atoms with Gasteiger partial charge in [0.05, 0.1) is 6.20 Å². The number of nitrogen functional groups attached to an aromatic ring is 1. The summed E-state index contributed by atoms with van der Waals surface area (Å²) in [7, 11) is 0. The minimum Gasteiger partial charge on any atom is -0.456 e. The molecular weight excluding hydrogens is 257 g/mol. The van der Waals surface area contributed by atoms with E-state index in [4.69, 9.17) is 10.5 Å². The summed E-state index contributed by atoms with van der Waals surface area (Å²) in [5, 5.41) is 0. The van der Waals surface area contributed by atoms with Gasteiger partial charge >= 0.3 is 6.01 Å². The zero-order valence-corrected chi connectivity index (χ0v) is 12.2. The summed E-state index contributed by atoms with van der Waals surface area (Å²) < 4.78 is 18.4. The van der Waals surface area contributed by atoms with E-state index in [9.17, 15) is 4.39 Å². The van der Waals surface area contributed by atoms with Crippen molar-refractivity contribution in [1.82, 2.24) is 9.97 Å². The van der Waals surface area contributed by atoms with Crippen molar-refractivity contribution in [2.45, 2.75) is 33.8 Å². The first kappa shape index (κ1) is 15.9. The van der Waals surface area contributed by atoms with Crippen molar-refractivity contribution in [2.75, 3.05) is 5.73 Å². The molecule has 0 bridgehead atoms. The average molecular weight is 277 g/mol. The fraction of sp³-hybridized carbons (Fsp3) is 0.333. The van der Waals surface area contributed by atoms with Crippen LogP contribution in [-0.2, 0) is 0 Å². The number of aryl methyl sites for hydroxylation is 1. The summed E-state index contributed by atoms with van der Waals surface area (Å²) in [6.45, 7) is 7.88. The van der Waals surface area contributed by atoms with E-state index in [1.54, 1.807) is 0 Å². The van der Waals surface area contributed by atoms with Crippen molar-refractivity contribution >= 4 is 5.82 Å². The quantitative estimate of drug-likeness (QED) is 0.929. The van der Waals surface area contributed by atoms with Crippen molar-refractivity contribution in [1.29, 1.82) is 0 Å². The van der Waals surface area contributed by atoms with Gasteiger partial charge in [-0.3, -0.25) is 0 Å². The minimum absolute atomic E-state index is 0.0721. The molecule has 0 aliphatic heterocycles. The van der Waals surface area contributed by atoms with Gasteiger partial charge in [0, 0.05) is 0 Å². The third-order valence-electron chi connectivity index (χ3n) is 2.54. The topological polar surface area (TPSA) is 61.0 Å². The van der Waals surface area contributed by atoms with E-state index in [0.29, 0.717) is 0 Å². The van der Waals surface area contributed by atoms with E-state index in [1.165, 1.54) is 0 Å². The lowest BCUT2D eigenvalue weighted by Gasteiger charge is -2.14. The molecule has 1 unspecified atom stereocenters. The van der Waals surface area contributed by atoms with Crippen molar-refractivity contribution in [3.63, 3.8) is 0 Å². The second-order valence-corrected chi connectivity index (χ2v) is 4.06. The number of hydrogen-bond acceptors (Lipinski definition) is 4. The van der Waals surface area contributed by atoms with Crippen molar-refractivity contribution in [2.24, 2.45) is 0 Å². The van der Waals surface area contributed by atoms with Gasteiger partial charge in [0.15, 0.2) is 11.6 Å². The highest BCUT2D eigenvalue weighted by atomic mass is 19.1. The first-order chi connectivity index (χ1) is 9.56. The maximum absolute atomic E-state index is 12.9. The molecule has 0 aliphatic rings. The monoisotopic (exact) mass is 277 g/mol. The SMILES string of the molecule is CC.Cc1cccc(C(C)Oc2ncc(F)c(N)n2)c1. The van der Waals surface area contributed by atoms with Gasteiger partial charge in [-0.1, -0.05) is 43.7 Å². The molecule has 1 aromatic carbocycles. The number of ether oxygens (including phenoxy) is 1. The predicted octanol–water partition coefficient (Wildman–Crippen LogP) is 3.67. The van der Waals surface area contributed by atoms with Crippen LogP contribution in [0.1, 0.15) is 38.0 Å². The van der Waals surface area contributed by atoms with Gasteiger partial charge < -0.3 is 10.5 Å². The Bertz CT molecular complexity index is 561. The van der Waals surface area contributed by atoms with Crippen molar-refractivity contribution in [3.8, 4) is 6.01 Å². The molecule has 0 saturated carbocycles. The lowest BCUT2D eigenvalue weighted by Crippen LogP contribution is -2.07. The maximum atomic E-state index is 12.9. The number of aromatic nitrogens is 2. The molecule has 1 heterocycles. The second kappa shape index (κ2) is 7.43. The number of hydrogen-bond donors (Lipinski definition) is 1. The van der Waals surface area contributed by atoms with E-state index in [2.05, 4.69) is 9.97 Å². The first-order valence-electron chi connectivity index (χ1n) is 6.57. The van der Waals surface area contributed by atoms with Gasteiger partial charge in [0.1, 0.15) is 6.10 Å². The molecule has 0 amide bonds. The van der Waals surface area contributed by atoms with E-state index >= 15 is 0 Å². The Balaban J connectivity index is 0.000000956. The van der Waals surface area contributed by atoms with Gasteiger partial charge in [-0.05, 0) is 19.4 Å². The number of benzene rings is 1. The van der Waals surface area contributed by atoms with E-state index in [1.807, 2.05) is 52.0 Å². The second-order valence-electron chi connectivity index (χ2n) is 4.06. The molecule has 2 rings (SSSR count). The lowest BCUT2D eigenvalue weighted by molar-refractivity contribution is 0.207. The van der Waals surface area contributed by atoms with Crippen LogP contribution < -0.4 is 10.5 Å². The fourth-order valence-corrected chi connectivity index (χ4v) is 1.57. The molecule has 20 heavy (non-hydrogen) atoms. The Morgan fingerprint density at radius 1 is 1.30 bits per heavy atom. The zero-order chi connectivity index (χ0) is 15.1. The van der Waals surface area contributed by atoms with Crippen molar-refractivity contribution in [3.05, 3.63) is 47.4 Å². The Morgan fingerprint density at radius 2 is 2.00 bits per heavy atom. The molecule has 2 N–H and O–H groups in total. The number of nitrogens with zero attached hydrogens (tertiary/aromatic N) is 2. The van der Waals surface area contributed by atoms with Gasteiger partial charge in [0.25, 0.3) is 0 Å². The summed E-state index contributed by atoms with van der Waals surface area (Å²) in [6, 6.07) is 7.98. The number of rotatable bonds is 3. The Morgan fingerprint density at radius 3 is 2.60 bits per heavy atom. The molecule has 0 saturated heterocycles. The number of halogens is 1. The molecule has 1 atom stereocenters. The molecule has 0 radical (unpaired) electrons. The Labute approximate surface area is 118 Å². The largest absolute Gasteiger partial charge is 0.456 e. The summed E-state index contributed by atoms with van der Waals surface area (Å²) in [6.07, 6.45) is 0.774. The van der Waals surface area contributed by atoms with Crippen LogP contribution in [0, 0.1) is 12.7 Å². The van der Waals surface area contributed by atoms with Crippen LogP contribution in [0.2, 0.25) is 0 Å². The third kappa shape index (κ3) is 4.19. The van der Waals surface area contributed by atoms with Gasteiger partial charge in [-0.2, -0.15) is 4.98 Å². The molecule has 0 spiro atoms. The third-order valence-corrected chi connectivity index (χ3v) is 2.54. The molecule has 2 aromatic rings. The summed E-state index contributed by atoms with van der Waals surface area (Å²) >= 11 is 0. The Kier molecular flexibility index (Phi) is 5.90. The number of nitrogens with two attached hydrogens (primary N) is 1. The van der Waals surface area contributed by atoms with E-state index in [-0.39, 0.29) is 17.9 Å². The van der Waals surface area contributed by atoms with Gasteiger partial charge in [-0.25, -0.2) is 9.37 Å². The smallest absolute Gasteiger partial charge is 0.319 e. The fourth-order valence-electron chi connectivity index (χ4n) is 1.57. The number of anilines is 1. The van der Waals surface area contributed by atoms with Gasteiger partial charge in [0.2, 0.25) is 0 Å². The standard InChI is InChI=1S/C13H14FN3O.C2H6/c1-8-4-3-5-10(6-8)9(2)18-13-16-7-11(14)12(15)17-13;1-2/h3-7,9H,1-2H3,(H2,15,16,17);1-2H3. The normalized spacial score (nSPS) is 11.2. The highest BCUT2D eigenvalue weighted by molar-refractivity contribution is 5.29. The van der Waals surface area contributed by atoms with Gasteiger partial charge in [-0.15, -0.1) is 0 Å². The van der Waals surface area contributed by atoms with Crippen molar-refractivity contribution < 1.29 is 9.13 Å². The molecule has 0 aliphatic carbocycles. The Hall–Kier alpha value is -2.17. The predicted molar refractivity (Wildman–Crippen MR) is 78.0 cm³/mol. The highest BCUT2D eigenvalue weighted by Gasteiger charge is 2.10. The maximum Gasteiger partial charge on any atom is 0.319 e.